The van der Waals surface area contributed by atoms with Gasteiger partial charge in [0, 0.05) is 24.4 Å². The number of fused-ring (bicyclic) bond motifs is 1. The Balaban J connectivity index is 1.78. The third kappa shape index (κ3) is 5.53. The summed E-state index contributed by atoms with van der Waals surface area (Å²) in [6.45, 7) is 7.91. The van der Waals surface area contributed by atoms with Crippen LogP contribution in [0, 0.1) is 6.92 Å². The van der Waals surface area contributed by atoms with Gasteiger partial charge in [0.2, 0.25) is 18.6 Å². The summed E-state index contributed by atoms with van der Waals surface area (Å²) < 4.78 is 10.9. The van der Waals surface area contributed by atoms with Crippen molar-refractivity contribution in [3.05, 3.63) is 45.6 Å². The number of thiophene rings is 1. The molecule has 2 heterocycles. The van der Waals surface area contributed by atoms with E-state index >= 15 is 0 Å². The molecular weight excluding hydrogens is 400 g/mol. The third-order valence-corrected chi connectivity index (χ3v) is 6.24. The molecule has 0 spiro atoms. The fraction of sp³-hybridized carbons (Fsp3) is 0.478. The normalized spacial score (nSPS) is 12.1. The first-order chi connectivity index (χ1) is 14.5. The van der Waals surface area contributed by atoms with Crippen LogP contribution in [-0.2, 0) is 22.7 Å². The standard InChI is InChI=1S/C23H30N2O4S/c1-4-6-10-24(22(26)5-2)15-23(27)25(14-21-17(3)9-11-30-21)13-18-7-8-19-20(12-18)29-16-28-19/h7-9,11-12H,4-6,10,13-16H2,1-3H3. The van der Waals surface area contributed by atoms with Crippen molar-refractivity contribution in [2.24, 2.45) is 0 Å². The number of nitrogens with zero attached hydrogens (tertiary/aromatic N) is 2. The Bertz CT molecular complexity index is 880. The predicted molar refractivity (Wildman–Crippen MR) is 118 cm³/mol. The minimum absolute atomic E-state index is 0.0205. The number of carbonyl (C=O) groups excluding carboxylic acids is 2. The smallest absolute Gasteiger partial charge is 0.242 e. The lowest BCUT2D eigenvalue weighted by Crippen LogP contribution is -2.42. The van der Waals surface area contributed by atoms with Gasteiger partial charge in [-0.25, -0.2) is 0 Å². The van der Waals surface area contributed by atoms with E-state index in [0.29, 0.717) is 31.8 Å². The van der Waals surface area contributed by atoms with Crippen LogP contribution in [0.5, 0.6) is 11.5 Å². The van der Waals surface area contributed by atoms with Gasteiger partial charge in [0.05, 0.1) is 13.1 Å². The lowest BCUT2D eigenvalue weighted by molar-refractivity contribution is -0.141. The van der Waals surface area contributed by atoms with Crippen molar-refractivity contribution in [3.63, 3.8) is 0 Å². The average Bonchev–Trinajstić information content (AvgIpc) is 3.38. The zero-order valence-electron chi connectivity index (χ0n) is 18.0. The van der Waals surface area contributed by atoms with E-state index in [2.05, 4.69) is 19.9 Å². The lowest BCUT2D eigenvalue weighted by Gasteiger charge is -2.28. The third-order valence-electron chi connectivity index (χ3n) is 5.23. The summed E-state index contributed by atoms with van der Waals surface area (Å²) in [6, 6.07) is 7.83. The highest BCUT2D eigenvalue weighted by molar-refractivity contribution is 7.10. The van der Waals surface area contributed by atoms with E-state index in [4.69, 9.17) is 9.47 Å². The van der Waals surface area contributed by atoms with Crippen LogP contribution in [0.15, 0.2) is 29.6 Å². The van der Waals surface area contributed by atoms with Crippen molar-refractivity contribution in [3.8, 4) is 11.5 Å². The highest BCUT2D eigenvalue weighted by Gasteiger charge is 2.22. The number of hydrogen-bond donors (Lipinski definition) is 0. The fourth-order valence-electron chi connectivity index (χ4n) is 3.36. The molecule has 0 N–H and O–H groups in total. The van der Waals surface area contributed by atoms with Gasteiger partial charge >= 0.3 is 0 Å². The van der Waals surface area contributed by atoms with Gasteiger partial charge in [0.1, 0.15) is 0 Å². The van der Waals surface area contributed by atoms with E-state index in [1.165, 1.54) is 5.56 Å². The molecule has 1 aliphatic rings. The molecule has 0 saturated carbocycles. The SMILES string of the molecule is CCCCN(CC(=O)N(Cc1ccc2c(c1)OCO2)Cc1sccc1C)C(=O)CC. The van der Waals surface area contributed by atoms with Crippen LogP contribution in [0.2, 0.25) is 0 Å². The average molecular weight is 431 g/mol. The largest absolute Gasteiger partial charge is 0.454 e. The van der Waals surface area contributed by atoms with Gasteiger partial charge in [-0.1, -0.05) is 26.3 Å². The molecule has 162 valence electrons. The zero-order valence-corrected chi connectivity index (χ0v) is 18.8. The maximum atomic E-state index is 13.3. The molecule has 0 atom stereocenters. The summed E-state index contributed by atoms with van der Waals surface area (Å²) in [4.78, 5) is 30.3. The Morgan fingerprint density at radius 1 is 1.03 bits per heavy atom. The second kappa shape index (κ2) is 10.5. The van der Waals surface area contributed by atoms with Gasteiger partial charge in [0.15, 0.2) is 11.5 Å². The Morgan fingerprint density at radius 3 is 2.53 bits per heavy atom. The summed E-state index contributed by atoms with van der Waals surface area (Å²) in [7, 11) is 0. The molecule has 1 aromatic carbocycles. The van der Waals surface area contributed by atoms with E-state index < -0.39 is 0 Å². The number of unbranched alkanes of at least 4 members (excludes halogenated alkanes) is 1. The molecule has 3 rings (SSSR count). The van der Waals surface area contributed by atoms with E-state index in [1.54, 1.807) is 16.2 Å². The van der Waals surface area contributed by atoms with Gasteiger partial charge in [0.25, 0.3) is 0 Å². The molecule has 2 amide bonds. The lowest BCUT2D eigenvalue weighted by atomic mass is 10.1. The first-order valence-electron chi connectivity index (χ1n) is 10.5. The van der Waals surface area contributed by atoms with E-state index in [-0.39, 0.29) is 25.2 Å². The van der Waals surface area contributed by atoms with Crippen molar-refractivity contribution in [1.29, 1.82) is 0 Å². The molecule has 1 aromatic heterocycles. The molecule has 0 unspecified atom stereocenters. The van der Waals surface area contributed by atoms with Crippen molar-refractivity contribution in [2.45, 2.75) is 53.1 Å². The molecule has 0 radical (unpaired) electrons. The topological polar surface area (TPSA) is 59.1 Å². The Hall–Kier alpha value is -2.54. The van der Waals surface area contributed by atoms with E-state index in [1.807, 2.05) is 35.4 Å². The molecule has 0 aliphatic carbocycles. The molecule has 2 aromatic rings. The number of aryl methyl sites for hydroxylation is 1. The molecule has 30 heavy (non-hydrogen) atoms. The Kier molecular flexibility index (Phi) is 7.74. The van der Waals surface area contributed by atoms with Crippen LogP contribution in [0.25, 0.3) is 0 Å². The maximum absolute atomic E-state index is 13.3. The highest BCUT2D eigenvalue weighted by atomic mass is 32.1. The second-order valence-electron chi connectivity index (χ2n) is 7.49. The van der Waals surface area contributed by atoms with Crippen LogP contribution in [0.4, 0.5) is 0 Å². The molecule has 0 fully saturated rings. The minimum atomic E-state index is -0.0432. The summed E-state index contributed by atoms with van der Waals surface area (Å²) >= 11 is 1.65. The van der Waals surface area contributed by atoms with Crippen LogP contribution in [0.3, 0.4) is 0 Å². The summed E-state index contributed by atoms with van der Waals surface area (Å²) in [5.74, 6) is 1.41. The fourth-order valence-corrected chi connectivity index (χ4v) is 4.28. The first kappa shape index (κ1) is 22.2. The predicted octanol–water partition coefficient (Wildman–Crippen LogP) is 4.35. The Morgan fingerprint density at radius 2 is 1.83 bits per heavy atom. The zero-order chi connectivity index (χ0) is 21.5. The number of carbonyl (C=O) groups is 2. The number of benzene rings is 1. The second-order valence-corrected chi connectivity index (χ2v) is 8.49. The monoisotopic (exact) mass is 430 g/mol. The quantitative estimate of drug-likeness (QED) is 0.562. The van der Waals surface area contributed by atoms with Gasteiger partial charge < -0.3 is 19.3 Å². The van der Waals surface area contributed by atoms with Gasteiger partial charge in [-0.05, 0) is 48.1 Å². The molecule has 7 heteroatoms. The number of rotatable bonds is 10. The van der Waals surface area contributed by atoms with Crippen LogP contribution in [-0.4, -0.2) is 41.5 Å². The number of hydrogen-bond acceptors (Lipinski definition) is 5. The van der Waals surface area contributed by atoms with Crippen LogP contribution < -0.4 is 9.47 Å². The molecular formula is C23H30N2O4S. The number of amides is 2. The van der Waals surface area contributed by atoms with Gasteiger partial charge in [-0.2, -0.15) is 0 Å². The summed E-state index contributed by atoms with van der Waals surface area (Å²) in [5.41, 5.74) is 2.15. The number of ether oxygens (including phenoxy) is 2. The van der Waals surface area contributed by atoms with Crippen molar-refractivity contribution in [1.82, 2.24) is 9.80 Å². The van der Waals surface area contributed by atoms with E-state index in [9.17, 15) is 9.59 Å². The van der Waals surface area contributed by atoms with Crippen molar-refractivity contribution < 1.29 is 19.1 Å². The molecule has 0 saturated heterocycles. The van der Waals surface area contributed by atoms with Crippen LogP contribution >= 0.6 is 11.3 Å². The Labute approximate surface area is 182 Å². The van der Waals surface area contributed by atoms with Crippen molar-refractivity contribution in [2.75, 3.05) is 19.9 Å². The molecule has 6 nitrogen and oxygen atoms in total. The first-order valence-corrected chi connectivity index (χ1v) is 11.4. The molecule has 1 aliphatic heterocycles. The van der Waals surface area contributed by atoms with E-state index in [0.717, 1.165) is 29.0 Å². The highest BCUT2D eigenvalue weighted by Crippen LogP contribution is 2.33. The van der Waals surface area contributed by atoms with Crippen LogP contribution in [0.1, 0.15) is 49.1 Å². The summed E-state index contributed by atoms with van der Waals surface area (Å²) in [6.07, 6.45) is 2.28. The van der Waals surface area contributed by atoms with Gasteiger partial charge in [-0.3, -0.25) is 9.59 Å². The molecule has 0 bridgehead atoms. The van der Waals surface area contributed by atoms with Crippen molar-refractivity contribution >= 4 is 23.2 Å². The van der Waals surface area contributed by atoms with Gasteiger partial charge in [-0.15, -0.1) is 11.3 Å². The minimum Gasteiger partial charge on any atom is -0.454 e. The maximum Gasteiger partial charge on any atom is 0.242 e. The summed E-state index contributed by atoms with van der Waals surface area (Å²) in [5, 5.41) is 2.04.